The van der Waals surface area contributed by atoms with Crippen LogP contribution in [0.25, 0.3) is 10.9 Å². The zero-order valence-electron chi connectivity index (χ0n) is 10.8. The Morgan fingerprint density at radius 1 is 1.26 bits per heavy atom. The molecule has 0 aliphatic carbocycles. The predicted octanol–water partition coefficient (Wildman–Crippen LogP) is 1.32. The van der Waals surface area contributed by atoms with Crippen LogP contribution < -0.4 is 5.32 Å². The van der Waals surface area contributed by atoms with Gasteiger partial charge in [-0.1, -0.05) is 18.2 Å². The first-order chi connectivity index (χ1) is 9.20. The van der Waals surface area contributed by atoms with E-state index in [1.807, 2.05) is 41.1 Å². The molecule has 5 heteroatoms. The van der Waals surface area contributed by atoms with Crippen LogP contribution >= 0.6 is 0 Å². The topological polar surface area (TPSA) is 60.3 Å². The summed E-state index contributed by atoms with van der Waals surface area (Å²) in [4.78, 5) is 22.4. The van der Waals surface area contributed by atoms with Crippen molar-refractivity contribution in [2.45, 2.75) is 13.0 Å². The minimum Gasteiger partial charge on any atom is -0.468 e. The van der Waals surface area contributed by atoms with E-state index in [2.05, 4.69) is 10.1 Å². The number of amides is 1. The maximum atomic E-state index is 11.6. The van der Waals surface area contributed by atoms with Gasteiger partial charge in [-0.05, 0) is 17.5 Å². The fraction of sp³-hybridized carbons (Fsp3) is 0.286. The van der Waals surface area contributed by atoms with Crippen molar-refractivity contribution in [2.75, 3.05) is 13.7 Å². The van der Waals surface area contributed by atoms with E-state index in [0.29, 0.717) is 13.0 Å². The van der Waals surface area contributed by atoms with Crippen molar-refractivity contribution in [2.24, 2.45) is 0 Å². The van der Waals surface area contributed by atoms with E-state index in [1.165, 1.54) is 7.11 Å². The second-order valence-corrected chi connectivity index (χ2v) is 4.17. The number of hydrogen-bond acceptors (Lipinski definition) is 3. The van der Waals surface area contributed by atoms with Crippen LogP contribution in [-0.4, -0.2) is 30.1 Å². The summed E-state index contributed by atoms with van der Waals surface area (Å²) in [5.41, 5.74) is 1.10. The quantitative estimate of drug-likeness (QED) is 0.825. The number of fused-ring (bicyclic) bond motifs is 1. The van der Waals surface area contributed by atoms with Gasteiger partial charge in [-0.2, -0.15) is 0 Å². The van der Waals surface area contributed by atoms with Gasteiger partial charge in [-0.25, -0.2) is 0 Å². The van der Waals surface area contributed by atoms with Crippen LogP contribution in [-0.2, 0) is 20.9 Å². The lowest BCUT2D eigenvalue weighted by molar-refractivity contribution is -0.141. The molecule has 0 aliphatic heterocycles. The summed E-state index contributed by atoms with van der Waals surface area (Å²) >= 11 is 0. The molecule has 1 amide bonds. The van der Waals surface area contributed by atoms with Crippen LogP contribution in [0.15, 0.2) is 36.5 Å². The molecule has 0 fully saturated rings. The largest absolute Gasteiger partial charge is 0.468 e. The van der Waals surface area contributed by atoms with Crippen molar-refractivity contribution >= 4 is 22.8 Å². The van der Waals surface area contributed by atoms with Crippen LogP contribution in [0, 0.1) is 0 Å². The Kier molecular flexibility index (Phi) is 4.18. The first-order valence-electron chi connectivity index (χ1n) is 6.08. The van der Waals surface area contributed by atoms with Crippen LogP contribution in [0.1, 0.15) is 6.42 Å². The summed E-state index contributed by atoms with van der Waals surface area (Å²) in [7, 11) is 1.29. The van der Waals surface area contributed by atoms with Crippen molar-refractivity contribution in [1.82, 2.24) is 9.88 Å². The molecule has 0 bridgehead atoms. The molecule has 0 spiro atoms. The Morgan fingerprint density at radius 2 is 2.05 bits per heavy atom. The van der Waals surface area contributed by atoms with Gasteiger partial charge in [0, 0.05) is 24.7 Å². The van der Waals surface area contributed by atoms with Gasteiger partial charge in [-0.15, -0.1) is 0 Å². The number of aromatic nitrogens is 1. The van der Waals surface area contributed by atoms with Crippen molar-refractivity contribution in [3.63, 3.8) is 0 Å². The van der Waals surface area contributed by atoms with Crippen molar-refractivity contribution in [1.29, 1.82) is 0 Å². The lowest BCUT2D eigenvalue weighted by Crippen LogP contribution is -2.30. The molecule has 1 N–H and O–H groups in total. The molecular formula is C14H16N2O3. The second kappa shape index (κ2) is 6.04. The molecule has 2 aromatic rings. The van der Waals surface area contributed by atoms with Gasteiger partial charge in [0.2, 0.25) is 5.91 Å². The zero-order valence-corrected chi connectivity index (χ0v) is 10.8. The number of esters is 1. The van der Waals surface area contributed by atoms with Crippen molar-refractivity contribution in [3.05, 3.63) is 36.5 Å². The fourth-order valence-corrected chi connectivity index (χ4v) is 1.89. The van der Waals surface area contributed by atoms with E-state index in [-0.39, 0.29) is 12.5 Å². The van der Waals surface area contributed by atoms with Gasteiger partial charge in [0.1, 0.15) is 6.54 Å². The summed E-state index contributed by atoms with van der Waals surface area (Å²) in [6.07, 6.45) is 2.29. The van der Waals surface area contributed by atoms with Gasteiger partial charge in [0.05, 0.1) is 7.11 Å². The highest BCUT2D eigenvalue weighted by Crippen LogP contribution is 2.15. The second-order valence-electron chi connectivity index (χ2n) is 4.17. The van der Waals surface area contributed by atoms with Crippen molar-refractivity contribution < 1.29 is 14.3 Å². The number of carbonyl (C=O) groups excluding carboxylic acids is 2. The van der Waals surface area contributed by atoms with Gasteiger partial charge in [0.15, 0.2) is 0 Å². The minimum atomic E-state index is -0.445. The summed E-state index contributed by atoms with van der Waals surface area (Å²) in [6, 6.07) is 10.0. The molecule has 5 nitrogen and oxygen atoms in total. The SMILES string of the molecule is COC(=O)CNC(=O)CCn1ccc2ccccc21. The summed E-state index contributed by atoms with van der Waals surface area (Å²) in [5.74, 6) is -0.608. The molecule has 1 aromatic heterocycles. The van der Waals surface area contributed by atoms with Gasteiger partial charge in [-0.3, -0.25) is 9.59 Å². The normalized spacial score (nSPS) is 10.4. The highest BCUT2D eigenvalue weighted by Gasteiger charge is 2.06. The number of methoxy groups -OCH3 is 1. The Balaban J connectivity index is 1.88. The zero-order chi connectivity index (χ0) is 13.7. The van der Waals surface area contributed by atoms with Crippen LogP contribution in [0.3, 0.4) is 0 Å². The van der Waals surface area contributed by atoms with Crippen molar-refractivity contribution in [3.8, 4) is 0 Å². The molecule has 0 radical (unpaired) electrons. The van der Waals surface area contributed by atoms with E-state index in [1.54, 1.807) is 0 Å². The standard InChI is InChI=1S/C14H16N2O3/c1-19-14(18)10-15-13(17)7-9-16-8-6-11-4-2-3-5-12(11)16/h2-6,8H,7,9-10H2,1H3,(H,15,17). The molecule has 0 aliphatic rings. The number of carbonyl (C=O) groups is 2. The van der Waals surface area contributed by atoms with E-state index < -0.39 is 5.97 Å². The lowest BCUT2D eigenvalue weighted by atomic mass is 10.2. The maximum absolute atomic E-state index is 11.6. The molecule has 0 saturated heterocycles. The number of nitrogens with zero attached hydrogens (tertiary/aromatic N) is 1. The fourth-order valence-electron chi connectivity index (χ4n) is 1.89. The number of benzene rings is 1. The lowest BCUT2D eigenvalue weighted by Gasteiger charge is -2.06. The average molecular weight is 260 g/mol. The first-order valence-corrected chi connectivity index (χ1v) is 6.08. The highest BCUT2D eigenvalue weighted by molar-refractivity contribution is 5.82. The Morgan fingerprint density at radius 3 is 2.84 bits per heavy atom. The molecule has 19 heavy (non-hydrogen) atoms. The predicted molar refractivity (Wildman–Crippen MR) is 71.6 cm³/mol. The third-order valence-electron chi connectivity index (χ3n) is 2.92. The number of para-hydroxylation sites is 1. The maximum Gasteiger partial charge on any atom is 0.325 e. The molecule has 1 aromatic carbocycles. The first kappa shape index (κ1) is 13.1. The monoisotopic (exact) mass is 260 g/mol. The third-order valence-corrected chi connectivity index (χ3v) is 2.92. The minimum absolute atomic E-state index is 0.0816. The summed E-state index contributed by atoms with van der Waals surface area (Å²) in [5, 5.41) is 3.67. The van der Waals surface area contributed by atoms with Crippen LogP contribution in [0.4, 0.5) is 0 Å². The molecule has 0 unspecified atom stereocenters. The highest BCUT2D eigenvalue weighted by atomic mass is 16.5. The summed E-state index contributed by atoms with van der Waals surface area (Å²) < 4.78 is 6.47. The Labute approximate surface area is 111 Å². The van der Waals surface area contributed by atoms with E-state index in [4.69, 9.17) is 0 Å². The van der Waals surface area contributed by atoms with Crippen LogP contribution in [0.5, 0.6) is 0 Å². The smallest absolute Gasteiger partial charge is 0.325 e. The number of nitrogens with one attached hydrogen (secondary N) is 1. The third kappa shape index (κ3) is 3.34. The number of rotatable bonds is 5. The molecule has 0 atom stereocenters. The number of ether oxygens (including phenoxy) is 1. The average Bonchev–Trinajstić information content (AvgIpc) is 2.85. The van der Waals surface area contributed by atoms with Gasteiger partial charge in [0.25, 0.3) is 0 Å². The van der Waals surface area contributed by atoms with E-state index >= 15 is 0 Å². The van der Waals surface area contributed by atoms with E-state index in [0.717, 1.165) is 10.9 Å². The van der Waals surface area contributed by atoms with E-state index in [9.17, 15) is 9.59 Å². The summed E-state index contributed by atoms with van der Waals surface area (Å²) in [6.45, 7) is 0.502. The Bertz CT molecular complexity index is 589. The van der Waals surface area contributed by atoms with Crippen LogP contribution in [0.2, 0.25) is 0 Å². The van der Waals surface area contributed by atoms with Gasteiger partial charge >= 0.3 is 5.97 Å². The number of aryl methyl sites for hydroxylation is 1. The Hall–Kier alpha value is -2.30. The molecule has 2 rings (SSSR count). The number of hydrogen-bond donors (Lipinski definition) is 1. The molecule has 100 valence electrons. The molecule has 1 heterocycles. The van der Waals surface area contributed by atoms with Gasteiger partial charge < -0.3 is 14.6 Å². The molecule has 0 saturated carbocycles. The molecular weight excluding hydrogens is 244 g/mol.